The number of hydrogen-bond donors (Lipinski definition) is 1. The molecule has 0 saturated heterocycles. The molecule has 1 N–H and O–H groups in total. The fourth-order valence-electron chi connectivity index (χ4n) is 3.39. The van der Waals surface area contributed by atoms with Crippen LogP contribution in [0.5, 0.6) is 0 Å². The summed E-state index contributed by atoms with van der Waals surface area (Å²) in [5.74, 6) is 0.147. The molecule has 1 aliphatic rings. The van der Waals surface area contributed by atoms with Crippen LogP contribution in [0.1, 0.15) is 52.9 Å². The molecule has 124 valence electrons. The van der Waals surface area contributed by atoms with Crippen molar-refractivity contribution in [3.63, 3.8) is 0 Å². The van der Waals surface area contributed by atoms with E-state index < -0.39 is 5.97 Å². The summed E-state index contributed by atoms with van der Waals surface area (Å²) < 4.78 is 10.4. The number of carboxylic acids is 1. The average molecular weight is 300 g/mol. The summed E-state index contributed by atoms with van der Waals surface area (Å²) in [5, 5.41) is 9.42. The highest BCUT2D eigenvalue weighted by Crippen LogP contribution is 2.44. The summed E-state index contributed by atoms with van der Waals surface area (Å²) in [6.45, 7) is 8.74. The van der Waals surface area contributed by atoms with Crippen LogP contribution < -0.4 is 0 Å². The Hall–Kier alpha value is -0.610. The predicted octanol–water partition coefficient (Wildman–Crippen LogP) is 3.59. The van der Waals surface area contributed by atoms with Crippen LogP contribution in [0, 0.1) is 23.2 Å². The lowest BCUT2D eigenvalue weighted by molar-refractivity contribution is -0.146. The minimum absolute atomic E-state index is 0.164. The zero-order chi connectivity index (χ0) is 15.9. The lowest BCUT2D eigenvalue weighted by Crippen LogP contribution is -2.35. The van der Waals surface area contributed by atoms with E-state index in [1.54, 1.807) is 7.11 Å². The number of aliphatic carboxylic acids is 1. The largest absolute Gasteiger partial charge is 0.481 e. The topological polar surface area (TPSA) is 55.8 Å². The van der Waals surface area contributed by atoms with Crippen LogP contribution in [0.3, 0.4) is 0 Å². The molecule has 0 aromatic heterocycles. The van der Waals surface area contributed by atoms with E-state index in [2.05, 4.69) is 20.8 Å². The maximum Gasteiger partial charge on any atom is 0.306 e. The second kappa shape index (κ2) is 8.74. The van der Waals surface area contributed by atoms with Gasteiger partial charge in [-0.1, -0.05) is 20.8 Å². The van der Waals surface area contributed by atoms with Gasteiger partial charge in [0, 0.05) is 13.7 Å². The molecule has 0 aliphatic heterocycles. The third-order valence-electron chi connectivity index (χ3n) is 4.82. The monoisotopic (exact) mass is 300 g/mol. The van der Waals surface area contributed by atoms with Crippen molar-refractivity contribution in [3.05, 3.63) is 0 Å². The zero-order valence-electron chi connectivity index (χ0n) is 14.1. The number of rotatable bonds is 8. The van der Waals surface area contributed by atoms with E-state index in [1.807, 2.05) is 0 Å². The van der Waals surface area contributed by atoms with Gasteiger partial charge in [-0.15, -0.1) is 0 Å². The SMILES string of the molecule is COCCOCCCC1CC(C(C)(C)C)CCC1C(=O)O. The minimum atomic E-state index is -0.618. The first-order chi connectivity index (χ1) is 9.86. The summed E-state index contributed by atoms with van der Waals surface area (Å²) >= 11 is 0. The first-order valence-electron chi connectivity index (χ1n) is 8.15. The molecule has 1 saturated carbocycles. The molecule has 0 bridgehead atoms. The van der Waals surface area contributed by atoms with E-state index in [1.165, 1.54) is 0 Å². The van der Waals surface area contributed by atoms with Gasteiger partial charge in [0.25, 0.3) is 0 Å². The van der Waals surface area contributed by atoms with Crippen molar-refractivity contribution in [2.75, 3.05) is 26.9 Å². The molecule has 0 heterocycles. The van der Waals surface area contributed by atoms with E-state index in [-0.39, 0.29) is 11.3 Å². The molecular weight excluding hydrogens is 268 g/mol. The third kappa shape index (κ3) is 6.35. The van der Waals surface area contributed by atoms with Crippen molar-refractivity contribution in [2.45, 2.75) is 52.9 Å². The van der Waals surface area contributed by atoms with Crippen LogP contribution in [0.2, 0.25) is 0 Å². The van der Waals surface area contributed by atoms with E-state index in [0.717, 1.165) is 32.1 Å². The highest BCUT2D eigenvalue weighted by atomic mass is 16.5. The van der Waals surface area contributed by atoms with E-state index in [4.69, 9.17) is 9.47 Å². The number of carbonyl (C=O) groups is 1. The van der Waals surface area contributed by atoms with E-state index in [0.29, 0.717) is 31.7 Å². The molecule has 3 atom stereocenters. The van der Waals surface area contributed by atoms with Gasteiger partial charge < -0.3 is 14.6 Å². The lowest BCUT2D eigenvalue weighted by atomic mass is 9.64. The second-order valence-electron chi connectivity index (χ2n) is 7.33. The van der Waals surface area contributed by atoms with Crippen molar-refractivity contribution >= 4 is 5.97 Å². The van der Waals surface area contributed by atoms with Crippen molar-refractivity contribution in [2.24, 2.45) is 23.2 Å². The molecule has 4 heteroatoms. The summed E-state index contributed by atoms with van der Waals surface area (Å²) in [6, 6.07) is 0. The maximum absolute atomic E-state index is 11.4. The van der Waals surface area contributed by atoms with Crippen molar-refractivity contribution in [1.29, 1.82) is 0 Å². The smallest absolute Gasteiger partial charge is 0.306 e. The van der Waals surface area contributed by atoms with E-state index >= 15 is 0 Å². The Kier molecular flexibility index (Phi) is 7.67. The minimum Gasteiger partial charge on any atom is -0.481 e. The second-order valence-corrected chi connectivity index (χ2v) is 7.33. The summed E-state index contributed by atoms with van der Waals surface area (Å²) in [5.41, 5.74) is 0.274. The Morgan fingerprint density at radius 2 is 1.90 bits per heavy atom. The molecule has 0 radical (unpaired) electrons. The molecule has 0 aromatic carbocycles. The van der Waals surface area contributed by atoms with Gasteiger partial charge in [0.2, 0.25) is 0 Å². The van der Waals surface area contributed by atoms with Gasteiger partial charge >= 0.3 is 5.97 Å². The molecule has 21 heavy (non-hydrogen) atoms. The first-order valence-corrected chi connectivity index (χ1v) is 8.15. The van der Waals surface area contributed by atoms with Gasteiger partial charge in [0.15, 0.2) is 0 Å². The predicted molar refractivity (Wildman–Crippen MR) is 83.3 cm³/mol. The Morgan fingerprint density at radius 3 is 2.48 bits per heavy atom. The van der Waals surface area contributed by atoms with Crippen molar-refractivity contribution in [1.82, 2.24) is 0 Å². The van der Waals surface area contributed by atoms with Crippen LogP contribution in [0.4, 0.5) is 0 Å². The molecule has 0 spiro atoms. The number of carboxylic acid groups (broad SMARTS) is 1. The molecule has 1 rings (SSSR count). The molecule has 0 amide bonds. The Bertz CT molecular complexity index is 308. The highest BCUT2D eigenvalue weighted by Gasteiger charge is 2.38. The van der Waals surface area contributed by atoms with Gasteiger partial charge in [-0.2, -0.15) is 0 Å². The highest BCUT2D eigenvalue weighted by molar-refractivity contribution is 5.70. The summed E-state index contributed by atoms with van der Waals surface area (Å²) in [7, 11) is 1.66. The van der Waals surface area contributed by atoms with Crippen molar-refractivity contribution < 1.29 is 19.4 Å². The summed E-state index contributed by atoms with van der Waals surface area (Å²) in [6.07, 6.45) is 4.80. The van der Waals surface area contributed by atoms with Gasteiger partial charge in [-0.05, 0) is 49.4 Å². The molecular formula is C17H32O4. The quantitative estimate of drug-likeness (QED) is 0.696. The average Bonchev–Trinajstić information content (AvgIpc) is 2.41. The Labute approximate surface area is 129 Å². The van der Waals surface area contributed by atoms with Gasteiger partial charge in [-0.3, -0.25) is 4.79 Å². The molecule has 4 nitrogen and oxygen atoms in total. The number of ether oxygens (including phenoxy) is 2. The molecule has 0 aromatic rings. The lowest BCUT2D eigenvalue weighted by Gasteiger charge is -2.40. The van der Waals surface area contributed by atoms with Gasteiger partial charge in [0.05, 0.1) is 19.1 Å². The molecule has 3 unspecified atom stereocenters. The normalized spacial score (nSPS) is 26.8. The van der Waals surface area contributed by atoms with Crippen LogP contribution in [0.15, 0.2) is 0 Å². The zero-order valence-corrected chi connectivity index (χ0v) is 14.1. The Morgan fingerprint density at radius 1 is 1.19 bits per heavy atom. The van der Waals surface area contributed by atoms with Gasteiger partial charge in [-0.25, -0.2) is 0 Å². The third-order valence-corrected chi connectivity index (χ3v) is 4.82. The summed E-state index contributed by atoms with van der Waals surface area (Å²) in [4.78, 5) is 11.4. The van der Waals surface area contributed by atoms with Crippen molar-refractivity contribution in [3.8, 4) is 0 Å². The molecule has 1 aliphatic carbocycles. The van der Waals surface area contributed by atoms with Crippen LogP contribution in [0.25, 0.3) is 0 Å². The Balaban J connectivity index is 2.42. The molecule has 1 fully saturated rings. The maximum atomic E-state index is 11.4. The van der Waals surface area contributed by atoms with Crippen LogP contribution in [-0.2, 0) is 14.3 Å². The fourth-order valence-corrected chi connectivity index (χ4v) is 3.39. The van der Waals surface area contributed by atoms with E-state index in [9.17, 15) is 9.90 Å². The van der Waals surface area contributed by atoms with Gasteiger partial charge in [0.1, 0.15) is 0 Å². The fraction of sp³-hybridized carbons (Fsp3) is 0.941. The number of hydrogen-bond acceptors (Lipinski definition) is 3. The number of methoxy groups -OCH3 is 1. The standard InChI is InChI=1S/C17H32O4/c1-17(2,3)14-7-8-15(16(18)19)13(12-14)6-5-9-21-11-10-20-4/h13-15H,5-12H2,1-4H3,(H,18,19). The first kappa shape index (κ1) is 18.4. The van der Waals surface area contributed by atoms with Crippen LogP contribution >= 0.6 is 0 Å². The van der Waals surface area contributed by atoms with Crippen LogP contribution in [-0.4, -0.2) is 38.0 Å².